The average Bonchev–Trinajstić information content (AvgIpc) is 2.99. The van der Waals surface area contributed by atoms with E-state index in [0.717, 1.165) is 11.6 Å². The summed E-state index contributed by atoms with van der Waals surface area (Å²) >= 11 is 0. The van der Waals surface area contributed by atoms with Crippen molar-refractivity contribution in [3.8, 4) is 0 Å². The Bertz CT molecular complexity index is 903. The number of rotatable bonds is 5. The van der Waals surface area contributed by atoms with Crippen LogP contribution in [-0.2, 0) is 6.54 Å². The van der Waals surface area contributed by atoms with E-state index in [1.807, 2.05) is 12.1 Å². The van der Waals surface area contributed by atoms with Crippen LogP contribution in [0.15, 0.2) is 42.5 Å². The standard InChI is InChI=1S/C18H17F2N5O/c1-11(15-7-16(19)9-17(20)8-15)21-18(26)14-5-3-13(4-6-14)10-25-12(2)22-23-24-25/h3-9,11H,10H2,1-2H3,(H,21,26)/t11-/m1/s1. The van der Waals surface area contributed by atoms with E-state index in [1.54, 1.807) is 30.7 Å². The molecule has 0 aliphatic carbocycles. The molecule has 0 saturated carbocycles. The van der Waals surface area contributed by atoms with Gasteiger partial charge in [-0.25, -0.2) is 13.5 Å². The van der Waals surface area contributed by atoms with E-state index in [2.05, 4.69) is 20.8 Å². The summed E-state index contributed by atoms with van der Waals surface area (Å²) in [5, 5.41) is 14.0. The van der Waals surface area contributed by atoms with Crippen LogP contribution in [0.25, 0.3) is 0 Å². The first kappa shape index (κ1) is 17.7. The third kappa shape index (κ3) is 4.08. The van der Waals surface area contributed by atoms with Crippen molar-refractivity contribution in [1.82, 2.24) is 25.5 Å². The normalized spacial score (nSPS) is 12.0. The molecule has 26 heavy (non-hydrogen) atoms. The Kier molecular flexibility index (Phi) is 5.01. The number of amides is 1. The van der Waals surface area contributed by atoms with Gasteiger partial charge in [-0.2, -0.15) is 0 Å². The highest BCUT2D eigenvalue weighted by atomic mass is 19.1. The first-order valence-electron chi connectivity index (χ1n) is 8.01. The van der Waals surface area contributed by atoms with Crippen LogP contribution in [0.5, 0.6) is 0 Å². The van der Waals surface area contributed by atoms with Crippen molar-refractivity contribution in [2.75, 3.05) is 0 Å². The third-order valence-electron chi connectivity index (χ3n) is 3.99. The van der Waals surface area contributed by atoms with Gasteiger partial charge in [0.05, 0.1) is 12.6 Å². The molecule has 6 nitrogen and oxygen atoms in total. The molecule has 0 aliphatic rings. The summed E-state index contributed by atoms with van der Waals surface area (Å²) in [6.07, 6.45) is 0. The summed E-state index contributed by atoms with van der Waals surface area (Å²) in [6, 6.07) is 9.65. The maximum Gasteiger partial charge on any atom is 0.251 e. The number of aryl methyl sites for hydroxylation is 1. The molecule has 0 fully saturated rings. The van der Waals surface area contributed by atoms with Crippen LogP contribution < -0.4 is 5.32 Å². The van der Waals surface area contributed by atoms with Crippen molar-refractivity contribution in [3.05, 3.63) is 76.6 Å². The fourth-order valence-electron chi connectivity index (χ4n) is 2.52. The Morgan fingerprint density at radius 1 is 1.15 bits per heavy atom. The van der Waals surface area contributed by atoms with Gasteiger partial charge in [0.2, 0.25) is 0 Å². The summed E-state index contributed by atoms with van der Waals surface area (Å²) in [4.78, 5) is 12.3. The summed E-state index contributed by atoms with van der Waals surface area (Å²) < 4.78 is 28.3. The molecule has 1 atom stereocenters. The molecule has 1 N–H and O–H groups in total. The molecule has 1 heterocycles. The minimum absolute atomic E-state index is 0.327. The van der Waals surface area contributed by atoms with Crippen LogP contribution in [0.4, 0.5) is 8.78 Å². The van der Waals surface area contributed by atoms with Gasteiger partial charge in [0.25, 0.3) is 5.91 Å². The Hall–Kier alpha value is -3.16. The molecule has 0 unspecified atom stereocenters. The SMILES string of the molecule is Cc1nnnn1Cc1ccc(C(=O)N[C@H](C)c2cc(F)cc(F)c2)cc1. The molecule has 1 amide bonds. The number of carbonyl (C=O) groups is 1. The Morgan fingerprint density at radius 3 is 2.38 bits per heavy atom. The average molecular weight is 357 g/mol. The van der Waals surface area contributed by atoms with E-state index in [0.29, 0.717) is 23.5 Å². The third-order valence-corrected chi connectivity index (χ3v) is 3.99. The number of hydrogen-bond donors (Lipinski definition) is 1. The van der Waals surface area contributed by atoms with Gasteiger partial charge in [-0.3, -0.25) is 4.79 Å². The van der Waals surface area contributed by atoms with Gasteiger partial charge in [-0.1, -0.05) is 12.1 Å². The minimum atomic E-state index is -0.677. The molecule has 8 heteroatoms. The maximum atomic E-state index is 13.3. The molecule has 1 aromatic heterocycles. The smallest absolute Gasteiger partial charge is 0.251 e. The number of tetrazole rings is 1. The number of nitrogens with zero attached hydrogens (tertiary/aromatic N) is 4. The van der Waals surface area contributed by atoms with Crippen molar-refractivity contribution in [1.29, 1.82) is 0 Å². The van der Waals surface area contributed by atoms with E-state index in [1.165, 1.54) is 12.1 Å². The zero-order valence-corrected chi connectivity index (χ0v) is 14.3. The van der Waals surface area contributed by atoms with Crippen molar-refractivity contribution < 1.29 is 13.6 Å². The van der Waals surface area contributed by atoms with Crippen LogP contribution in [0, 0.1) is 18.6 Å². The first-order valence-corrected chi connectivity index (χ1v) is 8.01. The second-order valence-electron chi connectivity index (χ2n) is 5.98. The zero-order valence-electron chi connectivity index (χ0n) is 14.3. The van der Waals surface area contributed by atoms with Gasteiger partial charge in [0.1, 0.15) is 17.5 Å². The number of carbonyl (C=O) groups excluding carboxylic acids is 1. The van der Waals surface area contributed by atoms with Crippen LogP contribution in [-0.4, -0.2) is 26.1 Å². The second kappa shape index (κ2) is 7.38. The number of halogens is 2. The molecule has 3 aromatic rings. The first-order chi connectivity index (χ1) is 12.4. The highest BCUT2D eigenvalue weighted by molar-refractivity contribution is 5.94. The molecule has 2 aromatic carbocycles. The van der Waals surface area contributed by atoms with Crippen LogP contribution in [0.2, 0.25) is 0 Å². The van der Waals surface area contributed by atoms with E-state index in [9.17, 15) is 13.6 Å². The highest BCUT2D eigenvalue weighted by Gasteiger charge is 2.13. The Balaban J connectivity index is 1.67. The minimum Gasteiger partial charge on any atom is -0.346 e. The lowest BCUT2D eigenvalue weighted by Gasteiger charge is -2.15. The van der Waals surface area contributed by atoms with Crippen LogP contribution in [0.1, 0.15) is 40.3 Å². The van der Waals surface area contributed by atoms with Crippen molar-refractivity contribution >= 4 is 5.91 Å². The van der Waals surface area contributed by atoms with Gasteiger partial charge in [-0.05, 0) is 59.7 Å². The zero-order chi connectivity index (χ0) is 18.7. The molecule has 0 saturated heterocycles. The fraction of sp³-hybridized carbons (Fsp3) is 0.222. The molecule has 0 radical (unpaired) electrons. The molecule has 0 aliphatic heterocycles. The molecular formula is C18H17F2N5O. The lowest BCUT2D eigenvalue weighted by Crippen LogP contribution is -2.26. The molecule has 3 rings (SSSR count). The van der Waals surface area contributed by atoms with Crippen molar-refractivity contribution in [2.45, 2.75) is 26.4 Å². The quantitative estimate of drug-likeness (QED) is 0.762. The maximum absolute atomic E-state index is 13.3. The van der Waals surface area contributed by atoms with Gasteiger partial charge < -0.3 is 5.32 Å². The summed E-state index contributed by atoms with van der Waals surface area (Å²) in [6.45, 7) is 3.97. The molecule has 0 bridgehead atoms. The van der Waals surface area contributed by atoms with Gasteiger partial charge in [0.15, 0.2) is 0 Å². The topological polar surface area (TPSA) is 72.7 Å². The molecular weight excluding hydrogens is 340 g/mol. The summed E-state index contributed by atoms with van der Waals surface area (Å²) in [7, 11) is 0. The van der Waals surface area contributed by atoms with E-state index in [4.69, 9.17) is 0 Å². The Labute approximate surface area is 148 Å². The molecule has 0 spiro atoms. The molecule has 134 valence electrons. The predicted molar refractivity (Wildman–Crippen MR) is 90.3 cm³/mol. The highest BCUT2D eigenvalue weighted by Crippen LogP contribution is 2.17. The predicted octanol–water partition coefficient (Wildman–Crippen LogP) is 2.80. The number of benzene rings is 2. The van der Waals surface area contributed by atoms with Crippen LogP contribution in [0.3, 0.4) is 0 Å². The summed E-state index contributed by atoms with van der Waals surface area (Å²) in [5.41, 5.74) is 1.75. The number of nitrogens with one attached hydrogen (secondary N) is 1. The van der Waals surface area contributed by atoms with Gasteiger partial charge in [-0.15, -0.1) is 5.10 Å². The largest absolute Gasteiger partial charge is 0.346 e. The summed E-state index contributed by atoms with van der Waals surface area (Å²) in [5.74, 6) is -0.984. The van der Waals surface area contributed by atoms with Gasteiger partial charge in [0, 0.05) is 11.6 Å². The fourth-order valence-corrected chi connectivity index (χ4v) is 2.52. The number of hydrogen-bond acceptors (Lipinski definition) is 4. The lowest BCUT2D eigenvalue weighted by molar-refractivity contribution is 0.0939. The van der Waals surface area contributed by atoms with Crippen molar-refractivity contribution in [3.63, 3.8) is 0 Å². The monoisotopic (exact) mass is 357 g/mol. The van der Waals surface area contributed by atoms with Crippen LogP contribution >= 0.6 is 0 Å². The van der Waals surface area contributed by atoms with E-state index >= 15 is 0 Å². The number of aromatic nitrogens is 4. The van der Waals surface area contributed by atoms with Gasteiger partial charge >= 0.3 is 0 Å². The van der Waals surface area contributed by atoms with E-state index < -0.39 is 17.7 Å². The van der Waals surface area contributed by atoms with E-state index in [-0.39, 0.29) is 5.91 Å². The second-order valence-corrected chi connectivity index (χ2v) is 5.98. The van der Waals surface area contributed by atoms with Crippen molar-refractivity contribution in [2.24, 2.45) is 0 Å². The lowest BCUT2D eigenvalue weighted by atomic mass is 10.1. The Morgan fingerprint density at radius 2 is 1.81 bits per heavy atom.